The molecule has 0 aromatic carbocycles. The zero-order valence-electron chi connectivity index (χ0n) is 11.0. The van der Waals surface area contributed by atoms with Crippen LogP contribution in [0.1, 0.15) is 39.0 Å². The summed E-state index contributed by atoms with van der Waals surface area (Å²) in [5, 5.41) is 3.86. The van der Waals surface area contributed by atoms with Gasteiger partial charge in [0, 0.05) is 4.88 Å². The first-order chi connectivity index (χ1) is 8.97. The Kier molecular flexibility index (Phi) is 3.75. The van der Waals surface area contributed by atoms with Crippen molar-refractivity contribution in [3.63, 3.8) is 0 Å². The fourth-order valence-corrected chi connectivity index (χ4v) is 2.67. The number of nitrogens with one attached hydrogen (secondary N) is 1. The molecule has 19 heavy (non-hydrogen) atoms. The van der Waals surface area contributed by atoms with Crippen LogP contribution in [-0.4, -0.2) is 20.9 Å². The average molecular weight is 277 g/mol. The lowest BCUT2D eigenvalue weighted by Crippen LogP contribution is -2.27. The van der Waals surface area contributed by atoms with Gasteiger partial charge in [-0.15, -0.1) is 11.3 Å². The highest BCUT2D eigenvalue weighted by atomic mass is 32.1. The van der Waals surface area contributed by atoms with Crippen molar-refractivity contribution < 1.29 is 4.79 Å². The van der Waals surface area contributed by atoms with Crippen molar-refractivity contribution in [3.05, 3.63) is 33.7 Å². The summed E-state index contributed by atoms with van der Waals surface area (Å²) < 4.78 is 0. The van der Waals surface area contributed by atoms with E-state index in [0.29, 0.717) is 5.82 Å². The standard InChI is InChI=1S/C12H15N5OS/c1-6-11(19-8(3)16-6)7(2)17-12(18)9-4-15-10(13)5-14-9/h4-5,7H,1-3H3,(H2,13,15)(H,17,18). The fraction of sp³-hybridized carbons (Fsp3) is 0.333. The number of anilines is 1. The Hall–Kier alpha value is -2.02. The molecule has 100 valence electrons. The van der Waals surface area contributed by atoms with Gasteiger partial charge in [0.05, 0.1) is 29.1 Å². The number of amides is 1. The highest BCUT2D eigenvalue weighted by Crippen LogP contribution is 2.24. The Morgan fingerprint density at radius 2 is 2.11 bits per heavy atom. The van der Waals surface area contributed by atoms with Crippen LogP contribution in [0, 0.1) is 13.8 Å². The molecular formula is C12H15N5OS. The van der Waals surface area contributed by atoms with Gasteiger partial charge in [0.1, 0.15) is 11.5 Å². The molecule has 0 bridgehead atoms. The second kappa shape index (κ2) is 5.31. The highest BCUT2D eigenvalue weighted by Gasteiger charge is 2.17. The van der Waals surface area contributed by atoms with E-state index in [-0.39, 0.29) is 17.6 Å². The smallest absolute Gasteiger partial charge is 0.271 e. The van der Waals surface area contributed by atoms with Gasteiger partial charge < -0.3 is 11.1 Å². The topological polar surface area (TPSA) is 93.8 Å². The van der Waals surface area contributed by atoms with Gasteiger partial charge in [0.25, 0.3) is 5.91 Å². The Balaban J connectivity index is 2.10. The Labute approximate surface area is 115 Å². The molecule has 0 aliphatic rings. The maximum absolute atomic E-state index is 12.0. The maximum atomic E-state index is 12.0. The number of hydrogen-bond acceptors (Lipinski definition) is 6. The zero-order chi connectivity index (χ0) is 14.0. The molecule has 0 saturated carbocycles. The minimum absolute atomic E-state index is 0.113. The summed E-state index contributed by atoms with van der Waals surface area (Å²) in [6, 6.07) is -0.113. The minimum atomic E-state index is -0.273. The highest BCUT2D eigenvalue weighted by molar-refractivity contribution is 7.11. The van der Waals surface area contributed by atoms with E-state index in [0.717, 1.165) is 15.6 Å². The molecule has 2 aromatic rings. The number of nitrogens with zero attached hydrogens (tertiary/aromatic N) is 3. The molecule has 0 aliphatic heterocycles. The van der Waals surface area contributed by atoms with Crippen LogP contribution in [0.15, 0.2) is 12.4 Å². The summed E-state index contributed by atoms with van der Waals surface area (Å²) in [6.07, 6.45) is 2.73. The summed E-state index contributed by atoms with van der Waals surface area (Å²) in [7, 11) is 0. The summed E-state index contributed by atoms with van der Waals surface area (Å²) in [5.41, 5.74) is 6.62. The molecule has 2 aromatic heterocycles. The van der Waals surface area contributed by atoms with Gasteiger partial charge in [-0.2, -0.15) is 0 Å². The Morgan fingerprint density at radius 1 is 1.37 bits per heavy atom. The maximum Gasteiger partial charge on any atom is 0.271 e. The first-order valence-corrected chi connectivity index (χ1v) is 6.61. The van der Waals surface area contributed by atoms with E-state index < -0.39 is 0 Å². The van der Waals surface area contributed by atoms with Crippen LogP contribution in [0.2, 0.25) is 0 Å². The van der Waals surface area contributed by atoms with Crippen LogP contribution in [0.5, 0.6) is 0 Å². The summed E-state index contributed by atoms with van der Waals surface area (Å²) >= 11 is 1.58. The van der Waals surface area contributed by atoms with Crippen LogP contribution in [0.25, 0.3) is 0 Å². The molecular weight excluding hydrogens is 262 g/mol. The number of aromatic nitrogens is 3. The number of nitrogens with two attached hydrogens (primary N) is 1. The second-order valence-electron chi connectivity index (χ2n) is 4.20. The normalized spacial score (nSPS) is 12.2. The molecule has 0 aliphatic carbocycles. The molecule has 2 heterocycles. The predicted molar refractivity (Wildman–Crippen MR) is 73.9 cm³/mol. The molecule has 0 radical (unpaired) electrons. The lowest BCUT2D eigenvalue weighted by atomic mass is 10.2. The molecule has 7 heteroatoms. The predicted octanol–water partition coefficient (Wildman–Crippen LogP) is 1.62. The van der Waals surface area contributed by atoms with E-state index in [2.05, 4.69) is 20.3 Å². The first kappa shape index (κ1) is 13.4. The van der Waals surface area contributed by atoms with Crippen molar-refractivity contribution in [1.82, 2.24) is 20.3 Å². The fourth-order valence-electron chi connectivity index (χ4n) is 1.74. The van der Waals surface area contributed by atoms with Crippen molar-refractivity contribution in [2.45, 2.75) is 26.8 Å². The SMILES string of the molecule is Cc1nc(C)c(C(C)NC(=O)c2cnc(N)cn2)s1. The second-order valence-corrected chi connectivity index (χ2v) is 5.44. The Bertz CT molecular complexity index is 593. The van der Waals surface area contributed by atoms with Crippen LogP contribution in [0.3, 0.4) is 0 Å². The zero-order valence-corrected chi connectivity index (χ0v) is 11.8. The van der Waals surface area contributed by atoms with Gasteiger partial charge in [-0.05, 0) is 20.8 Å². The largest absolute Gasteiger partial charge is 0.382 e. The number of carbonyl (C=O) groups excluding carboxylic acids is 1. The average Bonchev–Trinajstić information content (AvgIpc) is 2.69. The van der Waals surface area contributed by atoms with E-state index in [1.165, 1.54) is 12.4 Å². The number of aryl methyl sites for hydroxylation is 2. The summed E-state index contributed by atoms with van der Waals surface area (Å²) in [6.45, 7) is 5.80. The quantitative estimate of drug-likeness (QED) is 0.889. The third kappa shape index (κ3) is 3.05. The third-order valence-corrected chi connectivity index (χ3v) is 3.84. The molecule has 2 rings (SSSR count). The van der Waals surface area contributed by atoms with Crippen molar-refractivity contribution >= 4 is 23.1 Å². The molecule has 0 fully saturated rings. The summed E-state index contributed by atoms with van der Waals surface area (Å²) in [5.74, 6) is 0.0176. The van der Waals surface area contributed by atoms with Gasteiger partial charge in [-0.1, -0.05) is 0 Å². The van der Waals surface area contributed by atoms with Crippen LogP contribution in [-0.2, 0) is 0 Å². The van der Waals surface area contributed by atoms with Crippen molar-refractivity contribution in [1.29, 1.82) is 0 Å². The van der Waals surface area contributed by atoms with Crippen molar-refractivity contribution in [3.8, 4) is 0 Å². The number of hydrogen-bond donors (Lipinski definition) is 2. The van der Waals surface area contributed by atoms with Gasteiger partial charge in [-0.3, -0.25) is 4.79 Å². The Morgan fingerprint density at radius 3 is 2.63 bits per heavy atom. The van der Waals surface area contributed by atoms with E-state index >= 15 is 0 Å². The lowest BCUT2D eigenvalue weighted by Gasteiger charge is -2.12. The minimum Gasteiger partial charge on any atom is -0.382 e. The van der Waals surface area contributed by atoms with Gasteiger partial charge >= 0.3 is 0 Å². The molecule has 1 amide bonds. The molecule has 1 unspecified atom stereocenters. The molecule has 1 atom stereocenters. The monoisotopic (exact) mass is 277 g/mol. The molecule has 0 saturated heterocycles. The van der Waals surface area contributed by atoms with Crippen LogP contribution in [0.4, 0.5) is 5.82 Å². The number of rotatable bonds is 3. The van der Waals surface area contributed by atoms with Crippen LogP contribution >= 0.6 is 11.3 Å². The number of thiazole rings is 1. The van der Waals surface area contributed by atoms with Gasteiger partial charge in [0.2, 0.25) is 0 Å². The van der Waals surface area contributed by atoms with Crippen LogP contribution < -0.4 is 11.1 Å². The summed E-state index contributed by atoms with van der Waals surface area (Å²) in [4.78, 5) is 25.2. The van der Waals surface area contributed by atoms with E-state index in [1.54, 1.807) is 11.3 Å². The van der Waals surface area contributed by atoms with E-state index in [4.69, 9.17) is 5.73 Å². The van der Waals surface area contributed by atoms with Gasteiger partial charge in [0.15, 0.2) is 0 Å². The van der Waals surface area contributed by atoms with Crippen molar-refractivity contribution in [2.75, 3.05) is 5.73 Å². The molecule has 3 N–H and O–H groups in total. The first-order valence-electron chi connectivity index (χ1n) is 5.79. The van der Waals surface area contributed by atoms with E-state index in [1.807, 2.05) is 20.8 Å². The van der Waals surface area contributed by atoms with Gasteiger partial charge in [-0.25, -0.2) is 15.0 Å². The lowest BCUT2D eigenvalue weighted by molar-refractivity contribution is 0.0935. The van der Waals surface area contributed by atoms with Crippen molar-refractivity contribution in [2.24, 2.45) is 0 Å². The molecule has 0 spiro atoms. The third-order valence-electron chi connectivity index (χ3n) is 2.58. The molecule has 6 nitrogen and oxygen atoms in total. The number of nitrogen functional groups attached to an aromatic ring is 1. The number of carbonyl (C=O) groups is 1. The van der Waals surface area contributed by atoms with E-state index in [9.17, 15) is 4.79 Å².